The Kier molecular flexibility index (Phi) is 7.36. The summed E-state index contributed by atoms with van der Waals surface area (Å²) in [4.78, 5) is 26.3. The van der Waals surface area contributed by atoms with E-state index in [0.29, 0.717) is 11.3 Å². The fourth-order valence-corrected chi connectivity index (χ4v) is 4.30. The molecule has 0 saturated heterocycles. The molecule has 0 radical (unpaired) electrons. The van der Waals surface area contributed by atoms with Crippen molar-refractivity contribution in [2.75, 3.05) is 18.5 Å². The largest absolute Gasteiger partial charge is 0.466 e. The summed E-state index contributed by atoms with van der Waals surface area (Å²) in [5.74, 6) is -2.75. The highest BCUT2D eigenvalue weighted by Crippen LogP contribution is 2.48. The average molecular weight is 438 g/mol. The van der Waals surface area contributed by atoms with Crippen LogP contribution in [0.15, 0.2) is 65.9 Å². The van der Waals surface area contributed by atoms with Gasteiger partial charge in [0.1, 0.15) is 0 Å². The molecule has 0 aliphatic heterocycles. The molecule has 2 aromatic rings. The normalized spacial score (nSPS) is 22.9. The third kappa shape index (κ3) is 5.02. The van der Waals surface area contributed by atoms with Crippen molar-refractivity contribution in [3.63, 3.8) is 0 Å². The van der Waals surface area contributed by atoms with E-state index in [0.717, 1.165) is 16.8 Å². The summed E-state index contributed by atoms with van der Waals surface area (Å²) in [5.41, 5.74) is 2.04. The molecule has 0 spiro atoms. The Bertz CT molecular complexity index is 979. The van der Waals surface area contributed by atoms with Gasteiger partial charge in [0, 0.05) is 23.7 Å². The number of nitrogens with one attached hydrogen (secondary N) is 1. The van der Waals surface area contributed by atoms with Crippen LogP contribution in [-0.4, -0.2) is 35.9 Å². The molecule has 0 saturated carbocycles. The number of carbonyl (C=O) groups is 2. The Morgan fingerprint density at radius 3 is 2.25 bits per heavy atom. The summed E-state index contributed by atoms with van der Waals surface area (Å²) in [6.07, 6.45) is 0.0713. The van der Waals surface area contributed by atoms with Gasteiger partial charge < -0.3 is 19.9 Å². The number of hydrogen-bond acceptors (Lipinski definition) is 6. The summed E-state index contributed by atoms with van der Waals surface area (Å²) in [6, 6.07) is 17.0. The number of carbonyl (C=O) groups excluding carboxylic acids is 2. The molecule has 32 heavy (non-hydrogen) atoms. The molecular weight excluding hydrogens is 406 g/mol. The minimum atomic E-state index is -1.45. The molecule has 0 aromatic heterocycles. The lowest BCUT2D eigenvalue weighted by Crippen LogP contribution is -2.49. The van der Waals surface area contributed by atoms with Crippen LogP contribution in [0.3, 0.4) is 0 Å². The third-order valence-electron chi connectivity index (χ3n) is 5.72. The summed E-state index contributed by atoms with van der Waals surface area (Å²) in [5, 5.41) is 14.8. The molecule has 3 atom stereocenters. The van der Waals surface area contributed by atoms with Crippen molar-refractivity contribution in [2.24, 2.45) is 5.92 Å². The van der Waals surface area contributed by atoms with Gasteiger partial charge in [-0.15, -0.1) is 0 Å². The Hall–Kier alpha value is -3.12. The van der Waals surface area contributed by atoms with Gasteiger partial charge in [-0.2, -0.15) is 0 Å². The number of esters is 2. The minimum absolute atomic E-state index is 0.0713. The van der Waals surface area contributed by atoms with Crippen LogP contribution in [0.1, 0.15) is 44.2 Å². The van der Waals surface area contributed by atoms with E-state index < -0.39 is 29.4 Å². The highest BCUT2D eigenvalue weighted by Gasteiger charge is 2.52. The highest BCUT2D eigenvalue weighted by atomic mass is 16.5. The number of benzene rings is 2. The van der Waals surface area contributed by atoms with E-state index >= 15 is 0 Å². The fraction of sp³-hybridized carbons (Fsp3) is 0.385. The lowest BCUT2D eigenvalue weighted by molar-refractivity contribution is -0.159. The molecular formula is C26H31NO5. The predicted octanol–water partition coefficient (Wildman–Crippen LogP) is 4.34. The van der Waals surface area contributed by atoms with Gasteiger partial charge >= 0.3 is 11.9 Å². The maximum Gasteiger partial charge on any atom is 0.336 e. The molecule has 1 aliphatic rings. The van der Waals surface area contributed by atoms with Gasteiger partial charge in [-0.25, -0.2) is 4.79 Å². The average Bonchev–Trinajstić information content (AvgIpc) is 2.75. The maximum atomic E-state index is 13.2. The standard InChI is InChI=1S/C26H31NO5/c1-5-31-24(28)22-20(27-19-14-12-17(3)13-15-19)16-26(4,30)23(25(29)32-6-2)21(22)18-10-8-7-9-11-18/h7-15,21,23,27,30H,5-6,16H2,1-4H3/t21-,23-,26-/m0/s1. The van der Waals surface area contributed by atoms with Crippen molar-refractivity contribution < 1.29 is 24.2 Å². The first kappa shape index (κ1) is 23.5. The van der Waals surface area contributed by atoms with E-state index in [1.165, 1.54) is 0 Å². The molecule has 0 amide bonds. The van der Waals surface area contributed by atoms with Crippen LogP contribution in [0.5, 0.6) is 0 Å². The number of anilines is 1. The highest BCUT2D eigenvalue weighted by molar-refractivity contribution is 5.94. The molecule has 6 nitrogen and oxygen atoms in total. The van der Waals surface area contributed by atoms with Crippen LogP contribution < -0.4 is 5.32 Å². The molecule has 2 aromatic carbocycles. The van der Waals surface area contributed by atoms with Crippen LogP contribution >= 0.6 is 0 Å². The van der Waals surface area contributed by atoms with Gasteiger partial charge in [-0.05, 0) is 45.4 Å². The summed E-state index contributed by atoms with van der Waals surface area (Å²) >= 11 is 0. The van der Waals surface area contributed by atoms with Crippen LogP contribution in [0, 0.1) is 12.8 Å². The fourth-order valence-electron chi connectivity index (χ4n) is 4.30. The first-order chi connectivity index (χ1) is 15.3. The summed E-state index contributed by atoms with van der Waals surface area (Å²) in [7, 11) is 0. The van der Waals surface area contributed by atoms with Gasteiger partial charge in [-0.1, -0.05) is 48.0 Å². The van der Waals surface area contributed by atoms with Crippen molar-refractivity contribution in [1.82, 2.24) is 0 Å². The van der Waals surface area contributed by atoms with Crippen molar-refractivity contribution >= 4 is 17.6 Å². The Morgan fingerprint density at radius 2 is 1.66 bits per heavy atom. The van der Waals surface area contributed by atoms with Crippen molar-refractivity contribution in [1.29, 1.82) is 0 Å². The molecule has 170 valence electrons. The number of hydrogen-bond donors (Lipinski definition) is 2. The lowest BCUT2D eigenvalue weighted by Gasteiger charge is -2.43. The van der Waals surface area contributed by atoms with Gasteiger partial charge in [-0.3, -0.25) is 4.79 Å². The molecule has 0 fully saturated rings. The van der Waals surface area contributed by atoms with Crippen molar-refractivity contribution in [3.8, 4) is 0 Å². The maximum absolute atomic E-state index is 13.2. The minimum Gasteiger partial charge on any atom is -0.466 e. The Morgan fingerprint density at radius 1 is 1.03 bits per heavy atom. The molecule has 0 heterocycles. The summed E-state index contributed by atoms with van der Waals surface area (Å²) < 4.78 is 10.7. The van der Waals surface area contributed by atoms with Gasteiger partial charge in [0.25, 0.3) is 0 Å². The Labute approximate surface area is 189 Å². The topological polar surface area (TPSA) is 84.9 Å². The van der Waals surface area contributed by atoms with Gasteiger partial charge in [0.2, 0.25) is 0 Å². The second kappa shape index (κ2) is 10.0. The summed E-state index contributed by atoms with van der Waals surface area (Å²) in [6.45, 7) is 7.45. The van der Waals surface area contributed by atoms with E-state index in [1.54, 1.807) is 20.8 Å². The van der Waals surface area contributed by atoms with Crippen LogP contribution in [0.2, 0.25) is 0 Å². The first-order valence-electron chi connectivity index (χ1n) is 11.0. The molecule has 0 unspecified atom stereocenters. The SMILES string of the molecule is CCOC(=O)C1=C(Nc2ccc(C)cc2)C[C@](C)(O)[C@H](C(=O)OCC)[C@H]1c1ccccc1. The smallest absolute Gasteiger partial charge is 0.336 e. The Balaban J connectivity index is 2.21. The monoisotopic (exact) mass is 437 g/mol. The first-order valence-corrected chi connectivity index (χ1v) is 11.0. The molecule has 2 N–H and O–H groups in total. The predicted molar refractivity (Wildman–Crippen MR) is 123 cm³/mol. The zero-order valence-electron chi connectivity index (χ0n) is 19.1. The van der Waals surface area contributed by atoms with Gasteiger partial charge in [0.05, 0.1) is 30.3 Å². The van der Waals surface area contributed by atoms with Gasteiger partial charge in [0.15, 0.2) is 0 Å². The van der Waals surface area contributed by atoms with E-state index in [1.807, 2.05) is 61.5 Å². The van der Waals surface area contributed by atoms with Crippen LogP contribution in [0.25, 0.3) is 0 Å². The van der Waals surface area contributed by atoms with Crippen molar-refractivity contribution in [2.45, 2.75) is 45.6 Å². The number of aliphatic hydroxyl groups is 1. The van der Waals surface area contributed by atoms with E-state index in [4.69, 9.17) is 9.47 Å². The number of aryl methyl sites for hydroxylation is 1. The molecule has 6 heteroatoms. The molecule has 0 bridgehead atoms. The van der Waals surface area contributed by atoms with Crippen molar-refractivity contribution in [3.05, 3.63) is 77.0 Å². The van der Waals surface area contributed by atoms with E-state index in [9.17, 15) is 14.7 Å². The lowest BCUT2D eigenvalue weighted by atomic mass is 9.66. The van der Waals surface area contributed by atoms with E-state index in [2.05, 4.69) is 5.32 Å². The number of ether oxygens (including phenoxy) is 2. The zero-order valence-corrected chi connectivity index (χ0v) is 19.1. The second-order valence-corrected chi connectivity index (χ2v) is 8.26. The quantitative estimate of drug-likeness (QED) is 0.627. The zero-order chi connectivity index (χ0) is 23.3. The molecule has 3 rings (SSSR count). The number of rotatable bonds is 7. The van der Waals surface area contributed by atoms with Crippen LogP contribution in [-0.2, 0) is 19.1 Å². The third-order valence-corrected chi connectivity index (χ3v) is 5.72. The molecule has 1 aliphatic carbocycles. The van der Waals surface area contributed by atoms with E-state index in [-0.39, 0.29) is 19.6 Å². The second-order valence-electron chi connectivity index (χ2n) is 8.26. The van der Waals surface area contributed by atoms with Crippen LogP contribution in [0.4, 0.5) is 5.69 Å².